The lowest BCUT2D eigenvalue weighted by molar-refractivity contribution is -0.690. The van der Waals surface area contributed by atoms with Crippen LogP contribution in [0.2, 0.25) is 0 Å². The van der Waals surface area contributed by atoms with Crippen molar-refractivity contribution in [2.24, 2.45) is 0 Å². The quantitative estimate of drug-likeness (QED) is 0.192. The van der Waals surface area contributed by atoms with Crippen molar-refractivity contribution in [2.75, 3.05) is 13.7 Å². The molecule has 0 saturated heterocycles. The predicted octanol–water partition coefficient (Wildman–Crippen LogP) is 4.21. The topological polar surface area (TPSA) is 143 Å². The molecular weight excluding hydrogens is 562 g/mol. The van der Waals surface area contributed by atoms with E-state index in [1.54, 1.807) is 19.2 Å². The summed E-state index contributed by atoms with van der Waals surface area (Å²) in [5, 5.41) is 23.4. The van der Waals surface area contributed by atoms with Gasteiger partial charge in [-0.15, -0.1) is 0 Å². The second-order valence-electron chi connectivity index (χ2n) is 10.4. The van der Waals surface area contributed by atoms with Gasteiger partial charge in [-0.2, -0.15) is 0 Å². The van der Waals surface area contributed by atoms with Crippen LogP contribution in [-0.4, -0.2) is 29.5 Å². The number of H-pyrrole nitrogens is 1. The normalized spacial score (nSPS) is 13.7. The van der Waals surface area contributed by atoms with Gasteiger partial charge in [0.2, 0.25) is 0 Å². The number of carbonyl (C=O) groups excluding carboxylic acids is 1. The predicted molar refractivity (Wildman–Crippen MR) is 163 cm³/mol. The molecule has 6 rings (SSSR count). The average molecular weight is 596 g/mol. The van der Waals surface area contributed by atoms with E-state index >= 15 is 0 Å². The van der Waals surface area contributed by atoms with Crippen LogP contribution in [0.3, 0.4) is 0 Å². The van der Waals surface area contributed by atoms with Gasteiger partial charge in [-0.3, -0.25) is 10.1 Å². The number of hydrogen-bond acceptors (Lipinski definition) is 7. The van der Waals surface area contributed by atoms with E-state index in [-0.39, 0.29) is 18.3 Å². The van der Waals surface area contributed by atoms with E-state index in [2.05, 4.69) is 46.7 Å². The third kappa shape index (κ3) is 7.16. The minimum absolute atomic E-state index is 0.0313. The van der Waals surface area contributed by atoms with Gasteiger partial charge in [0, 0.05) is 46.6 Å². The molecule has 1 aliphatic heterocycles. The number of quaternary nitrogens is 1. The second-order valence-corrected chi connectivity index (χ2v) is 10.4. The van der Waals surface area contributed by atoms with Crippen molar-refractivity contribution in [1.82, 2.24) is 4.98 Å². The van der Waals surface area contributed by atoms with E-state index in [1.807, 2.05) is 30.3 Å². The molecule has 1 aromatic heterocycles. The fraction of sp³-hybridized carbons (Fsp3) is 0.206. The number of fused-ring (bicyclic) bond motifs is 3. The van der Waals surface area contributed by atoms with Crippen LogP contribution in [0.25, 0.3) is 10.9 Å². The number of methoxy groups -OCH3 is 1. The average Bonchev–Trinajstić information content (AvgIpc) is 3.41. The molecule has 0 fully saturated rings. The number of carbonyl (C=O) groups is 1. The molecule has 1 atom stereocenters. The van der Waals surface area contributed by atoms with E-state index in [1.165, 1.54) is 28.8 Å². The number of carboxylic acid groups (broad SMARTS) is 1. The minimum Gasteiger partial charge on any atom is -0.550 e. The molecule has 0 aliphatic carbocycles. The van der Waals surface area contributed by atoms with Gasteiger partial charge in [-0.1, -0.05) is 30.3 Å². The first-order valence-electron chi connectivity index (χ1n) is 14.2. The Morgan fingerprint density at radius 3 is 2.36 bits per heavy atom. The molecule has 1 aliphatic rings. The molecule has 2 heterocycles. The number of nitrogens with two attached hydrogens (primary N) is 1. The second kappa shape index (κ2) is 13.7. The summed E-state index contributed by atoms with van der Waals surface area (Å²) in [6.07, 6.45) is 0.972. The number of rotatable bonds is 9. The number of aliphatic carboxylic acids is 1. The van der Waals surface area contributed by atoms with Crippen LogP contribution in [0.5, 0.6) is 17.2 Å². The van der Waals surface area contributed by atoms with Gasteiger partial charge >= 0.3 is 0 Å². The highest BCUT2D eigenvalue weighted by Gasteiger charge is 2.29. The van der Waals surface area contributed by atoms with Crippen molar-refractivity contribution in [3.05, 3.63) is 129 Å². The Hall–Kier alpha value is -5.35. The third-order valence-corrected chi connectivity index (χ3v) is 7.37. The number of hydrogen-bond donors (Lipinski definition) is 2. The molecule has 4 aromatic carbocycles. The van der Waals surface area contributed by atoms with Crippen molar-refractivity contribution in [2.45, 2.75) is 32.6 Å². The Bertz CT molecular complexity index is 1750. The standard InChI is InChI=1S/C32H29N3O5.C2H4O2/c1-38-30-14-7-22(17-23(30)20-40-25-10-8-24(9-11-25)35(36)37)31-32-27(15-16-33-31)28-18-26(12-13-29(28)34-32)39-19-21-5-3-2-4-6-21;1-2(3)4/h2-14,17-18,31,33-34H,15-16,19-20H2,1H3;1H3,(H,3,4). The smallest absolute Gasteiger partial charge is 0.269 e. The van der Waals surface area contributed by atoms with Gasteiger partial charge in [-0.25, -0.2) is 0 Å². The lowest BCUT2D eigenvalue weighted by Crippen LogP contribution is -2.87. The van der Waals surface area contributed by atoms with Crippen LogP contribution in [-0.2, 0) is 24.4 Å². The zero-order chi connectivity index (χ0) is 31.1. The number of aromatic amines is 1. The summed E-state index contributed by atoms with van der Waals surface area (Å²) < 4.78 is 17.7. The summed E-state index contributed by atoms with van der Waals surface area (Å²) in [5.41, 5.74) is 6.86. The molecule has 0 bridgehead atoms. The summed E-state index contributed by atoms with van der Waals surface area (Å²) >= 11 is 0. The molecule has 0 saturated carbocycles. The fourth-order valence-corrected chi connectivity index (χ4v) is 5.36. The Labute approximate surface area is 254 Å². The molecule has 1 unspecified atom stereocenters. The Balaban J connectivity index is 0.000000906. The Morgan fingerprint density at radius 1 is 0.955 bits per heavy atom. The van der Waals surface area contributed by atoms with E-state index in [9.17, 15) is 10.1 Å². The van der Waals surface area contributed by atoms with Gasteiger partial charge in [0.25, 0.3) is 5.69 Å². The van der Waals surface area contributed by atoms with Gasteiger partial charge < -0.3 is 34.4 Å². The van der Waals surface area contributed by atoms with Crippen molar-refractivity contribution in [3.8, 4) is 17.2 Å². The highest BCUT2D eigenvalue weighted by atomic mass is 16.6. The number of nitrogens with one attached hydrogen (secondary N) is 1. The molecular formula is C34H33N3O7. The van der Waals surface area contributed by atoms with Gasteiger partial charge in [0.15, 0.2) is 6.04 Å². The first-order chi connectivity index (χ1) is 21.3. The Morgan fingerprint density at radius 2 is 1.66 bits per heavy atom. The highest BCUT2D eigenvalue weighted by Crippen LogP contribution is 2.34. The number of nitro groups is 1. The number of nitro benzene ring substituents is 1. The molecule has 3 N–H and O–H groups in total. The van der Waals surface area contributed by atoms with Crippen molar-refractivity contribution in [1.29, 1.82) is 0 Å². The van der Waals surface area contributed by atoms with Crippen molar-refractivity contribution >= 4 is 22.6 Å². The molecule has 226 valence electrons. The highest BCUT2D eigenvalue weighted by molar-refractivity contribution is 5.86. The summed E-state index contributed by atoms with van der Waals surface area (Å²) in [5.74, 6) is 1.07. The largest absolute Gasteiger partial charge is 0.550 e. The number of nitrogens with zero attached hydrogens (tertiary/aromatic N) is 1. The van der Waals surface area contributed by atoms with E-state index in [0.717, 1.165) is 53.6 Å². The van der Waals surface area contributed by atoms with Crippen LogP contribution in [0.4, 0.5) is 5.69 Å². The summed E-state index contributed by atoms with van der Waals surface area (Å²) in [4.78, 5) is 23.1. The van der Waals surface area contributed by atoms with E-state index < -0.39 is 10.9 Å². The van der Waals surface area contributed by atoms with Gasteiger partial charge in [-0.05, 0) is 66.6 Å². The SMILES string of the molecule is CC(=O)[O-].COc1ccc(C2[NH2+]CCc3c2[nH]c2ccc(OCc4ccccc4)cc32)cc1COc1ccc([N+](=O)[O-])cc1. The minimum atomic E-state index is -1.08. The number of ether oxygens (including phenoxy) is 3. The Kier molecular flexibility index (Phi) is 9.41. The first-order valence-corrected chi connectivity index (χ1v) is 14.2. The van der Waals surface area contributed by atoms with E-state index in [0.29, 0.717) is 12.4 Å². The van der Waals surface area contributed by atoms with Gasteiger partial charge in [0.1, 0.15) is 30.5 Å². The van der Waals surface area contributed by atoms with Crippen LogP contribution >= 0.6 is 0 Å². The lowest BCUT2D eigenvalue weighted by atomic mass is 9.93. The number of non-ortho nitro benzene ring substituents is 1. The summed E-state index contributed by atoms with van der Waals surface area (Å²) in [6.45, 7) is 2.76. The third-order valence-electron chi connectivity index (χ3n) is 7.37. The van der Waals surface area contributed by atoms with Crippen molar-refractivity contribution < 1.29 is 34.4 Å². The molecule has 0 amide bonds. The zero-order valence-corrected chi connectivity index (χ0v) is 24.4. The van der Waals surface area contributed by atoms with Crippen molar-refractivity contribution in [3.63, 3.8) is 0 Å². The number of benzene rings is 4. The maximum atomic E-state index is 10.9. The molecule has 0 radical (unpaired) electrons. The van der Waals surface area contributed by atoms with Crippen LogP contribution < -0.4 is 24.6 Å². The summed E-state index contributed by atoms with van der Waals surface area (Å²) in [7, 11) is 1.64. The van der Waals surface area contributed by atoms with Crippen LogP contribution in [0.15, 0.2) is 91.0 Å². The first kappa shape index (κ1) is 30.1. The maximum Gasteiger partial charge on any atom is 0.269 e. The monoisotopic (exact) mass is 595 g/mol. The van der Waals surface area contributed by atoms with E-state index in [4.69, 9.17) is 24.1 Å². The van der Waals surface area contributed by atoms with Crippen LogP contribution in [0.1, 0.15) is 40.9 Å². The zero-order valence-electron chi connectivity index (χ0n) is 24.4. The molecule has 10 nitrogen and oxygen atoms in total. The maximum absolute atomic E-state index is 10.9. The van der Waals surface area contributed by atoms with Gasteiger partial charge in [0.05, 0.1) is 24.3 Å². The number of aromatic nitrogens is 1. The molecule has 0 spiro atoms. The lowest BCUT2D eigenvalue weighted by Gasteiger charge is -2.22. The van der Waals surface area contributed by atoms with Crippen LogP contribution in [0, 0.1) is 10.1 Å². The summed E-state index contributed by atoms with van der Waals surface area (Å²) in [6, 6.07) is 28.9. The molecule has 5 aromatic rings. The molecule has 10 heteroatoms. The fourth-order valence-electron chi connectivity index (χ4n) is 5.36. The number of carboxylic acids is 1. The molecule has 44 heavy (non-hydrogen) atoms.